The number of rotatable bonds is 3. The van der Waals surface area contributed by atoms with Crippen molar-refractivity contribution in [3.8, 4) is 11.1 Å². The summed E-state index contributed by atoms with van der Waals surface area (Å²) in [7, 11) is 0. The second-order valence-corrected chi connectivity index (χ2v) is 7.55. The molecule has 1 spiro atoms. The van der Waals surface area contributed by atoms with Gasteiger partial charge in [0.1, 0.15) is 0 Å². The molecular formula is C22H27ClN2O. The van der Waals surface area contributed by atoms with E-state index in [1.807, 2.05) is 6.07 Å². The summed E-state index contributed by atoms with van der Waals surface area (Å²) in [5, 5.41) is 3.48. The van der Waals surface area contributed by atoms with Crippen molar-refractivity contribution >= 4 is 18.3 Å². The van der Waals surface area contributed by atoms with Gasteiger partial charge in [0.05, 0.1) is 6.42 Å². The van der Waals surface area contributed by atoms with Crippen molar-refractivity contribution < 1.29 is 4.79 Å². The number of halogens is 1. The molecule has 2 aromatic carbocycles. The normalized spacial score (nSPS) is 18.5. The Morgan fingerprint density at radius 2 is 1.58 bits per heavy atom. The van der Waals surface area contributed by atoms with Crippen molar-refractivity contribution in [3.63, 3.8) is 0 Å². The molecule has 0 bridgehead atoms. The van der Waals surface area contributed by atoms with Gasteiger partial charge in [-0.15, -0.1) is 12.4 Å². The summed E-state index contributed by atoms with van der Waals surface area (Å²) in [6.45, 7) is 4.11. The zero-order valence-electron chi connectivity index (χ0n) is 15.1. The second-order valence-electron chi connectivity index (χ2n) is 7.55. The van der Waals surface area contributed by atoms with Gasteiger partial charge in [0, 0.05) is 19.6 Å². The fraction of sp³-hybridized carbons (Fsp3) is 0.409. The molecule has 2 heterocycles. The predicted molar refractivity (Wildman–Crippen MR) is 109 cm³/mol. The second kappa shape index (κ2) is 8.24. The standard InChI is InChI=1S/C22H26N2O.ClH/c25-21(24-14-11-22(12-15-24)10-13-23-17-22)16-18-6-8-20(9-7-18)19-4-2-1-3-5-19;/h1-9,23H,10-17H2;1H. The van der Waals surface area contributed by atoms with Crippen LogP contribution in [0.25, 0.3) is 11.1 Å². The number of piperidine rings is 1. The number of hydrogen-bond acceptors (Lipinski definition) is 2. The Bertz CT molecular complexity index is 714. The highest BCUT2D eigenvalue weighted by atomic mass is 35.5. The van der Waals surface area contributed by atoms with Gasteiger partial charge in [0.25, 0.3) is 0 Å². The van der Waals surface area contributed by atoms with Crippen molar-refractivity contribution in [2.75, 3.05) is 26.2 Å². The summed E-state index contributed by atoms with van der Waals surface area (Å²) in [6.07, 6.45) is 4.09. The van der Waals surface area contributed by atoms with Crippen molar-refractivity contribution in [1.82, 2.24) is 10.2 Å². The third-order valence-electron chi connectivity index (χ3n) is 5.93. The summed E-state index contributed by atoms with van der Waals surface area (Å²) >= 11 is 0. The molecule has 2 saturated heterocycles. The van der Waals surface area contributed by atoms with Gasteiger partial charge in [-0.2, -0.15) is 0 Å². The Balaban J connectivity index is 0.00000196. The fourth-order valence-electron chi connectivity index (χ4n) is 4.18. The quantitative estimate of drug-likeness (QED) is 0.888. The Hall–Kier alpha value is -1.84. The number of amides is 1. The third kappa shape index (κ3) is 4.11. The third-order valence-corrected chi connectivity index (χ3v) is 5.93. The van der Waals surface area contributed by atoms with E-state index in [4.69, 9.17) is 0 Å². The van der Waals surface area contributed by atoms with Gasteiger partial charge < -0.3 is 10.2 Å². The monoisotopic (exact) mass is 370 g/mol. The van der Waals surface area contributed by atoms with Crippen LogP contribution in [-0.2, 0) is 11.2 Å². The molecule has 1 N–H and O–H groups in total. The molecule has 0 unspecified atom stereocenters. The average molecular weight is 371 g/mol. The first kappa shape index (κ1) is 18.9. The van der Waals surface area contributed by atoms with E-state index in [-0.39, 0.29) is 18.3 Å². The zero-order chi connectivity index (χ0) is 17.1. The maximum atomic E-state index is 12.6. The van der Waals surface area contributed by atoms with Crippen LogP contribution in [0.5, 0.6) is 0 Å². The Kier molecular flexibility index (Phi) is 6.00. The van der Waals surface area contributed by atoms with E-state index in [0.717, 1.165) is 44.6 Å². The van der Waals surface area contributed by atoms with Crippen LogP contribution in [0, 0.1) is 5.41 Å². The summed E-state index contributed by atoms with van der Waals surface area (Å²) < 4.78 is 0. The van der Waals surface area contributed by atoms with E-state index >= 15 is 0 Å². The van der Waals surface area contributed by atoms with Crippen molar-refractivity contribution in [3.05, 3.63) is 60.2 Å². The number of nitrogens with zero attached hydrogens (tertiary/aromatic N) is 1. The SMILES string of the molecule is Cl.O=C(Cc1ccc(-c2ccccc2)cc1)N1CCC2(CCNC2)CC1. The molecule has 26 heavy (non-hydrogen) atoms. The molecular weight excluding hydrogens is 344 g/mol. The van der Waals surface area contributed by atoms with Gasteiger partial charge in [-0.25, -0.2) is 0 Å². The number of nitrogens with one attached hydrogen (secondary N) is 1. The lowest BCUT2D eigenvalue weighted by Crippen LogP contribution is -2.44. The molecule has 0 aliphatic carbocycles. The molecule has 0 atom stereocenters. The molecule has 0 saturated carbocycles. The number of carbonyl (C=O) groups is 1. The van der Waals surface area contributed by atoms with Crippen LogP contribution < -0.4 is 5.32 Å². The van der Waals surface area contributed by atoms with Crippen molar-refractivity contribution in [2.45, 2.75) is 25.7 Å². The highest BCUT2D eigenvalue weighted by Crippen LogP contribution is 2.37. The number of benzene rings is 2. The highest BCUT2D eigenvalue weighted by molar-refractivity contribution is 5.85. The average Bonchev–Trinajstić information content (AvgIpc) is 3.11. The maximum Gasteiger partial charge on any atom is 0.226 e. The summed E-state index contributed by atoms with van der Waals surface area (Å²) in [6, 6.07) is 18.8. The Morgan fingerprint density at radius 1 is 0.923 bits per heavy atom. The van der Waals surface area contributed by atoms with Gasteiger partial charge in [0.15, 0.2) is 0 Å². The van der Waals surface area contributed by atoms with E-state index in [1.165, 1.54) is 17.5 Å². The summed E-state index contributed by atoms with van der Waals surface area (Å²) in [5.41, 5.74) is 3.98. The van der Waals surface area contributed by atoms with Crippen LogP contribution in [0.15, 0.2) is 54.6 Å². The highest BCUT2D eigenvalue weighted by Gasteiger charge is 2.37. The topological polar surface area (TPSA) is 32.3 Å². The maximum absolute atomic E-state index is 12.6. The van der Waals surface area contributed by atoms with Crippen LogP contribution in [-0.4, -0.2) is 37.0 Å². The molecule has 2 aliphatic rings. The predicted octanol–water partition coefficient (Wildman–Crippen LogP) is 3.92. The summed E-state index contributed by atoms with van der Waals surface area (Å²) in [4.78, 5) is 14.7. The van der Waals surface area contributed by atoms with E-state index in [1.54, 1.807) is 0 Å². The van der Waals surface area contributed by atoms with Crippen LogP contribution in [0.4, 0.5) is 0 Å². The smallest absolute Gasteiger partial charge is 0.226 e. The minimum absolute atomic E-state index is 0. The van der Waals surface area contributed by atoms with E-state index in [9.17, 15) is 4.79 Å². The molecule has 4 heteroatoms. The number of likely N-dealkylation sites (tertiary alicyclic amines) is 1. The molecule has 2 aliphatic heterocycles. The number of hydrogen-bond donors (Lipinski definition) is 1. The van der Waals surface area contributed by atoms with Crippen LogP contribution >= 0.6 is 12.4 Å². The number of carbonyl (C=O) groups excluding carboxylic acids is 1. The van der Waals surface area contributed by atoms with E-state index < -0.39 is 0 Å². The van der Waals surface area contributed by atoms with Gasteiger partial charge in [-0.3, -0.25) is 4.79 Å². The van der Waals surface area contributed by atoms with E-state index in [0.29, 0.717) is 11.8 Å². The van der Waals surface area contributed by atoms with Crippen LogP contribution in [0.3, 0.4) is 0 Å². The van der Waals surface area contributed by atoms with Crippen LogP contribution in [0.2, 0.25) is 0 Å². The molecule has 4 rings (SSSR count). The molecule has 138 valence electrons. The molecule has 2 fully saturated rings. The molecule has 2 aromatic rings. The van der Waals surface area contributed by atoms with Gasteiger partial charge >= 0.3 is 0 Å². The first-order chi connectivity index (χ1) is 12.2. The van der Waals surface area contributed by atoms with E-state index in [2.05, 4.69) is 58.7 Å². The Morgan fingerprint density at radius 3 is 2.19 bits per heavy atom. The lowest BCUT2D eigenvalue weighted by atomic mass is 9.78. The Labute approximate surface area is 162 Å². The van der Waals surface area contributed by atoms with Gasteiger partial charge in [-0.1, -0.05) is 54.6 Å². The first-order valence-corrected chi connectivity index (χ1v) is 9.37. The van der Waals surface area contributed by atoms with Crippen molar-refractivity contribution in [1.29, 1.82) is 0 Å². The van der Waals surface area contributed by atoms with Gasteiger partial charge in [-0.05, 0) is 47.9 Å². The van der Waals surface area contributed by atoms with Gasteiger partial charge in [0.2, 0.25) is 5.91 Å². The molecule has 3 nitrogen and oxygen atoms in total. The molecule has 1 amide bonds. The van der Waals surface area contributed by atoms with Crippen LogP contribution in [0.1, 0.15) is 24.8 Å². The minimum Gasteiger partial charge on any atom is -0.342 e. The lowest BCUT2D eigenvalue weighted by Gasteiger charge is -2.39. The lowest BCUT2D eigenvalue weighted by molar-refractivity contribution is -0.132. The fourth-order valence-corrected chi connectivity index (χ4v) is 4.18. The zero-order valence-corrected chi connectivity index (χ0v) is 15.9. The largest absolute Gasteiger partial charge is 0.342 e. The molecule has 0 aromatic heterocycles. The summed E-state index contributed by atoms with van der Waals surface area (Å²) in [5.74, 6) is 0.272. The minimum atomic E-state index is 0. The molecule has 0 radical (unpaired) electrons. The van der Waals surface area contributed by atoms with Crippen molar-refractivity contribution in [2.24, 2.45) is 5.41 Å². The first-order valence-electron chi connectivity index (χ1n) is 9.37.